The largest absolute Gasteiger partial charge is 0.444 e. The quantitative estimate of drug-likeness (QED) is 0.827. The van der Waals surface area contributed by atoms with Crippen molar-refractivity contribution in [1.82, 2.24) is 15.1 Å². The molecule has 108 valence electrons. The van der Waals surface area contributed by atoms with Crippen molar-refractivity contribution < 1.29 is 8.83 Å². The van der Waals surface area contributed by atoms with Crippen LogP contribution in [0.4, 0.5) is 0 Å². The molecule has 6 heteroatoms. The molecule has 20 heavy (non-hydrogen) atoms. The topological polar surface area (TPSA) is 55.3 Å². The molecule has 0 unspecified atom stereocenters. The van der Waals surface area contributed by atoms with E-state index >= 15 is 0 Å². The maximum Gasteiger partial charge on any atom is 0.283 e. The second-order valence-corrected chi connectivity index (χ2v) is 5.89. The molecule has 0 N–H and O–H groups in total. The van der Waals surface area contributed by atoms with Crippen molar-refractivity contribution in [2.45, 2.75) is 45.2 Å². The Morgan fingerprint density at radius 3 is 2.70 bits per heavy atom. The Morgan fingerprint density at radius 2 is 2.05 bits per heavy atom. The normalized spacial score (nSPS) is 16.4. The second-order valence-electron chi connectivity index (χ2n) is 5.11. The molecule has 0 aliphatic heterocycles. The third-order valence-corrected chi connectivity index (χ3v) is 4.26. The first-order valence-electron chi connectivity index (χ1n) is 7.08. The summed E-state index contributed by atoms with van der Waals surface area (Å²) in [5.41, 5.74) is 0. The van der Waals surface area contributed by atoms with Gasteiger partial charge in [-0.25, -0.2) is 0 Å². The molecule has 3 rings (SSSR count). The van der Waals surface area contributed by atoms with Crippen molar-refractivity contribution in [2.24, 2.45) is 0 Å². The Labute approximate surface area is 126 Å². The fourth-order valence-electron chi connectivity index (χ4n) is 2.79. The van der Waals surface area contributed by atoms with Crippen molar-refractivity contribution in [2.75, 3.05) is 6.54 Å². The minimum Gasteiger partial charge on any atom is -0.444 e. The van der Waals surface area contributed by atoms with E-state index in [2.05, 4.69) is 38.0 Å². The van der Waals surface area contributed by atoms with Crippen LogP contribution in [-0.2, 0) is 6.54 Å². The highest BCUT2D eigenvalue weighted by atomic mass is 79.9. The molecule has 0 radical (unpaired) electrons. The van der Waals surface area contributed by atoms with Gasteiger partial charge in [0.1, 0.15) is 0 Å². The van der Waals surface area contributed by atoms with Crippen molar-refractivity contribution in [3.05, 3.63) is 22.7 Å². The minimum absolute atomic E-state index is 0.438. The first-order valence-corrected chi connectivity index (χ1v) is 7.87. The molecule has 1 aliphatic carbocycles. The van der Waals surface area contributed by atoms with E-state index in [0.29, 0.717) is 28.3 Å². The molecule has 0 spiro atoms. The third kappa shape index (κ3) is 2.96. The summed E-state index contributed by atoms with van der Waals surface area (Å²) in [4.78, 5) is 2.42. The lowest BCUT2D eigenvalue weighted by molar-refractivity contribution is 0.182. The summed E-state index contributed by atoms with van der Waals surface area (Å²) < 4.78 is 11.8. The van der Waals surface area contributed by atoms with Crippen molar-refractivity contribution in [3.8, 4) is 11.7 Å². The van der Waals surface area contributed by atoms with Gasteiger partial charge in [0, 0.05) is 6.04 Å². The summed E-state index contributed by atoms with van der Waals surface area (Å²) in [7, 11) is 0. The van der Waals surface area contributed by atoms with Gasteiger partial charge >= 0.3 is 0 Å². The van der Waals surface area contributed by atoms with Crippen LogP contribution in [0.2, 0.25) is 0 Å². The van der Waals surface area contributed by atoms with E-state index in [1.165, 1.54) is 25.7 Å². The molecule has 0 amide bonds. The van der Waals surface area contributed by atoms with Crippen LogP contribution in [0.15, 0.2) is 25.6 Å². The second kappa shape index (κ2) is 6.10. The van der Waals surface area contributed by atoms with E-state index in [9.17, 15) is 0 Å². The number of nitrogens with zero attached hydrogens (tertiary/aromatic N) is 3. The van der Waals surface area contributed by atoms with E-state index in [1.54, 1.807) is 0 Å². The molecule has 5 nitrogen and oxygen atoms in total. The Morgan fingerprint density at radius 1 is 1.25 bits per heavy atom. The number of aromatic nitrogens is 2. The van der Waals surface area contributed by atoms with Crippen LogP contribution in [0.1, 0.15) is 38.5 Å². The Balaban J connectivity index is 1.69. The average molecular weight is 340 g/mol. The fourth-order valence-corrected chi connectivity index (χ4v) is 3.10. The third-order valence-electron chi connectivity index (χ3n) is 3.84. The van der Waals surface area contributed by atoms with E-state index in [1.807, 2.05) is 12.1 Å². The van der Waals surface area contributed by atoms with Crippen molar-refractivity contribution >= 4 is 15.9 Å². The van der Waals surface area contributed by atoms with E-state index < -0.39 is 0 Å². The van der Waals surface area contributed by atoms with Crippen LogP contribution < -0.4 is 0 Å². The summed E-state index contributed by atoms with van der Waals surface area (Å²) in [6.07, 6.45) is 5.22. The number of halogens is 1. The molecule has 2 aromatic rings. The Kier molecular flexibility index (Phi) is 4.21. The van der Waals surface area contributed by atoms with Gasteiger partial charge in [0.25, 0.3) is 5.89 Å². The predicted molar refractivity (Wildman–Crippen MR) is 78.0 cm³/mol. The van der Waals surface area contributed by atoms with E-state index in [4.69, 9.17) is 8.83 Å². The number of rotatable bonds is 5. The first kappa shape index (κ1) is 13.8. The molecule has 1 fully saturated rings. The standard InChI is InChI=1S/C14H18BrN3O2/c1-2-18(10-5-3-4-6-10)9-13-16-17-14(20-13)11-7-8-12(15)19-11/h7-8,10H,2-6,9H2,1H3. The van der Waals surface area contributed by atoms with Gasteiger partial charge in [-0.05, 0) is 47.4 Å². The van der Waals surface area contributed by atoms with Gasteiger partial charge in [-0.2, -0.15) is 0 Å². The summed E-state index contributed by atoms with van der Waals surface area (Å²) >= 11 is 3.27. The van der Waals surface area contributed by atoms with Gasteiger partial charge in [0.2, 0.25) is 5.89 Å². The highest BCUT2D eigenvalue weighted by Gasteiger charge is 2.23. The number of hydrogen-bond donors (Lipinski definition) is 0. The zero-order chi connectivity index (χ0) is 13.9. The van der Waals surface area contributed by atoms with E-state index in [0.717, 1.165) is 13.1 Å². The molecule has 1 saturated carbocycles. The Hall–Kier alpha value is -1.14. The monoisotopic (exact) mass is 339 g/mol. The highest BCUT2D eigenvalue weighted by molar-refractivity contribution is 9.10. The van der Waals surface area contributed by atoms with Gasteiger partial charge in [-0.3, -0.25) is 4.90 Å². The van der Waals surface area contributed by atoms with Crippen molar-refractivity contribution in [3.63, 3.8) is 0 Å². The molecular weight excluding hydrogens is 322 g/mol. The summed E-state index contributed by atoms with van der Waals surface area (Å²) in [5.74, 6) is 1.69. The average Bonchev–Trinajstić information content (AvgIpc) is 3.16. The van der Waals surface area contributed by atoms with Crippen LogP contribution in [0.25, 0.3) is 11.7 Å². The number of furan rings is 1. The van der Waals surface area contributed by atoms with Crippen LogP contribution in [0.3, 0.4) is 0 Å². The summed E-state index contributed by atoms with van der Waals surface area (Å²) in [6, 6.07) is 4.29. The zero-order valence-corrected chi connectivity index (χ0v) is 13.1. The fraction of sp³-hybridized carbons (Fsp3) is 0.571. The van der Waals surface area contributed by atoms with Crippen LogP contribution >= 0.6 is 15.9 Å². The zero-order valence-electron chi connectivity index (χ0n) is 11.5. The molecule has 0 saturated heterocycles. The summed E-state index contributed by atoms with van der Waals surface area (Å²) in [6.45, 7) is 3.91. The lowest BCUT2D eigenvalue weighted by atomic mass is 10.2. The molecular formula is C14H18BrN3O2. The molecule has 2 heterocycles. The first-order chi connectivity index (χ1) is 9.76. The van der Waals surface area contributed by atoms with Crippen LogP contribution in [0.5, 0.6) is 0 Å². The maximum atomic E-state index is 5.70. The molecule has 0 aromatic carbocycles. The van der Waals surface area contributed by atoms with Gasteiger partial charge in [-0.1, -0.05) is 19.8 Å². The molecule has 2 aromatic heterocycles. The maximum absolute atomic E-state index is 5.70. The lowest BCUT2D eigenvalue weighted by Gasteiger charge is -2.25. The Bertz CT molecular complexity index is 560. The van der Waals surface area contributed by atoms with Gasteiger partial charge in [0.05, 0.1) is 6.54 Å². The highest BCUT2D eigenvalue weighted by Crippen LogP contribution is 2.26. The van der Waals surface area contributed by atoms with Crippen molar-refractivity contribution in [1.29, 1.82) is 0 Å². The van der Waals surface area contributed by atoms with Crippen LogP contribution in [0, 0.1) is 0 Å². The summed E-state index contributed by atoms with van der Waals surface area (Å²) in [5, 5.41) is 8.18. The van der Waals surface area contributed by atoms with Gasteiger partial charge in [-0.15, -0.1) is 10.2 Å². The predicted octanol–water partition coefficient (Wildman–Crippen LogP) is 3.86. The minimum atomic E-state index is 0.438. The molecule has 0 atom stereocenters. The smallest absolute Gasteiger partial charge is 0.283 e. The van der Waals surface area contributed by atoms with Crippen LogP contribution in [-0.4, -0.2) is 27.7 Å². The SMILES string of the molecule is CCN(Cc1nnc(-c2ccc(Br)o2)o1)C1CCCC1. The van der Waals surface area contributed by atoms with Gasteiger partial charge in [0.15, 0.2) is 10.4 Å². The molecule has 0 bridgehead atoms. The van der Waals surface area contributed by atoms with Gasteiger partial charge < -0.3 is 8.83 Å². The lowest BCUT2D eigenvalue weighted by Crippen LogP contribution is -2.32. The number of hydrogen-bond acceptors (Lipinski definition) is 5. The molecule has 1 aliphatic rings. The van der Waals surface area contributed by atoms with E-state index in [-0.39, 0.29) is 0 Å².